The Morgan fingerprint density at radius 2 is 1.62 bits per heavy atom. The summed E-state index contributed by atoms with van der Waals surface area (Å²) in [7, 11) is 3.76. The maximum Gasteiger partial charge on any atom is 0.255 e. The van der Waals surface area contributed by atoms with Crippen LogP contribution in [0.15, 0.2) is 54.9 Å². The van der Waals surface area contributed by atoms with Gasteiger partial charge >= 0.3 is 0 Å². The lowest BCUT2D eigenvalue weighted by molar-refractivity contribution is -0.118. The first-order chi connectivity index (χ1) is 25.9. The van der Waals surface area contributed by atoms with E-state index < -0.39 is 5.82 Å². The minimum absolute atomic E-state index is 0.0217. The number of carbonyl (C=O) groups excluding carboxylic acids is 2. The van der Waals surface area contributed by atoms with E-state index in [9.17, 15) is 9.59 Å². The van der Waals surface area contributed by atoms with E-state index in [4.69, 9.17) is 23.7 Å². The molecule has 3 aromatic heterocycles. The van der Waals surface area contributed by atoms with Gasteiger partial charge in [-0.2, -0.15) is 0 Å². The Hall–Kier alpha value is -3.85. The normalized spacial score (nSPS) is 15.1. The number of halogens is 1. The van der Waals surface area contributed by atoms with E-state index in [-0.39, 0.29) is 23.9 Å². The highest BCUT2D eigenvalue weighted by Gasteiger charge is 2.27. The second-order valence-corrected chi connectivity index (χ2v) is 14.7. The standard InChI is InChI=1S/C40H49FN4O7S/c1-44(15-16-49-19-20-51-22-21-50-18-17-48-2)31-10-13-45(14-11-31)40(47)30-6-7-34(43-27-30)38-26-35-39(53-38)37(9-12-42-35)52-36-8-5-29(25-33(36)41)24-32(46)23-28-3-4-28/h5-9,12,25-28,31H,3-4,10-11,13-24H2,1-2H3. The van der Waals surface area contributed by atoms with Gasteiger partial charge in [0.1, 0.15) is 11.5 Å². The number of nitrogens with zero attached hydrogens (tertiary/aromatic N) is 4. The predicted octanol–water partition coefficient (Wildman–Crippen LogP) is 6.43. The monoisotopic (exact) mass is 748 g/mol. The molecule has 53 heavy (non-hydrogen) atoms. The van der Waals surface area contributed by atoms with Crippen molar-refractivity contribution in [3.05, 3.63) is 71.8 Å². The number of ketones is 1. The van der Waals surface area contributed by atoms with Gasteiger partial charge < -0.3 is 33.5 Å². The smallest absolute Gasteiger partial charge is 0.255 e. The number of rotatable bonds is 21. The number of Topliss-reactive ketones (excluding diaryl/α,β-unsaturated/α-hetero) is 1. The Morgan fingerprint density at radius 1 is 0.887 bits per heavy atom. The van der Waals surface area contributed by atoms with Gasteiger partial charge in [-0.05, 0) is 74.5 Å². The maximum atomic E-state index is 15.0. The van der Waals surface area contributed by atoms with Crippen LogP contribution in [0.1, 0.15) is 48.0 Å². The average molecular weight is 749 g/mol. The molecule has 6 rings (SSSR count). The van der Waals surface area contributed by atoms with Crippen LogP contribution in [-0.2, 0) is 30.2 Å². The largest absolute Gasteiger partial charge is 0.453 e. The Bertz CT molecular complexity index is 1790. The molecular formula is C40H49FN4O7S. The van der Waals surface area contributed by atoms with Crippen molar-refractivity contribution in [2.45, 2.75) is 44.6 Å². The molecule has 1 saturated heterocycles. The molecular weight excluding hydrogens is 700 g/mol. The first kappa shape index (κ1) is 38.9. The van der Waals surface area contributed by atoms with E-state index in [2.05, 4.69) is 21.9 Å². The maximum absolute atomic E-state index is 15.0. The van der Waals surface area contributed by atoms with Crippen LogP contribution in [0.25, 0.3) is 20.8 Å². The molecule has 4 aromatic rings. The summed E-state index contributed by atoms with van der Waals surface area (Å²) in [4.78, 5) is 39.8. The predicted molar refractivity (Wildman–Crippen MR) is 201 cm³/mol. The molecule has 0 spiro atoms. The van der Waals surface area contributed by atoms with Gasteiger partial charge in [-0.25, -0.2) is 4.39 Å². The van der Waals surface area contributed by atoms with Crippen molar-refractivity contribution < 1.29 is 37.7 Å². The quantitative estimate of drug-likeness (QED) is 0.0884. The van der Waals surface area contributed by atoms with Crippen molar-refractivity contribution >= 4 is 33.2 Å². The number of likely N-dealkylation sites (tertiary alicyclic amines) is 1. The van der Waals surface area contributed by atoms with E-state index in [1.54, 1.807) is 37.7 Å². The fourth-order valence-electron chi connectivity index (χ4n) is 6.35. The van der Waals surface area contributed by atoms with Crippen LogP contribution in [0.2, 0.25) is 0 Å². The third-order valence-electron chi connectivity index (χ3n) is 9.61. The van der Waals surface area contributed by atoms with Crippen molar-refractivity contribution in [2.75, 3.05) is 80.0 Å². The number of likely N-dealkylation sites (N-methyl/N-ethyl adjacent to an activating group) is 1. The SMILES string of the molecule is COCCOCCOCCOCCN(C)C1CCN(C(=O)c2ccc(-c3cc4nccc(Oc5ccc(CC(=O)CC6CC6)cc5F)c4s3)nc2)CC1. The van der Waals surface area contributed by atoms with Crippen LogP contribution in [0, 0.1) is 11.7 Å². The number of hydrogen-bond donors (Lipinski definition) is 0. The van der Waals surface area contributed by atoms with Crippen LogP contribution in [0.3, 0.4) is 0 Å². The summed E-state index contributed by atoms with van der Waals surface area (Å²) in [5.74, 6) is 0.690. The highest BCUT2D eigenvalue weighted by molar-refractivity contribution is 7.22. The van der Waals surface area contributed by atoms with Crippen molar-refractivity contribution in [3.63, 3.8) is 0 Å². The van der Waals surface area contributed by atoms with Crippen molar-refractivity contribution in [3.8, 4) is 22.1 Å². The van der Waals surface area contributed by atoms with Crippen LogP contribution in [-0.4, -0.2) is 118 Å². The van der Waals surface area contributed by atoms with E-state index in [1.165, 1.54) is 17.4 Å². The average Bonchev–Trinajstić information content (AvgIpc) is 3.87. The van der Waals surface area contributed by atoms with Crippen LogP contribution in [0.4, 0.5) is 4.39 Å². The molecule has 0 radical (unpaired) electrons. The van der Waals surface area contributed by atoms with E-state index in [1.807, 2.05) is 23.1 Å². The van der Waals surface area contributed by atoms with Gasteiger partial charge in [0.05, 0.1) is 72.6 Å². The Balaban J connectivity index is 0.950. The number of thiophene rings is 1. The Kier molecular flexibility index (Phi) is 14.3. The van der Waals surface area contributed by atoms with Gasteiger partial charge in [-0.15, -0.1) is 11.3 Å². The minimum Gasteiger partial charge on any atom is -0.453 e. The molecule has 2 fully saturated rings. The van der Waals surface area contributed by atoms with Crippen LogP contribution < -0.4 is 4.74 Å². The zero-order chi connectivity index (χ0) is 37.0. The minimum atomic E-state index is -0.513. The molecule has 0 atom stereocenters. The number of fused-ring (bicyclic) bond motifs is 1. The third kappa shape index (κ3) is 11.3. The zero-order valence-electron chi connectivity index (χ0n) is 30.6. The number of amides is 1. The van der Waals surface area contributed by atoms with Crippen LogP contribution >= 0.6 is 11.3 Å². The summed E-state index contributed by atoms with van der Waals surface area (Å²) in [6.07, 6.45) is 8.08. The molecule has 2 aliphatic rings. The number of benzene rings is 1. The molecule has 1 aliphatic heterocycles. The summed E-state index contributed by atoms with van der Waals surface area (Å²) < 4.78 is 43.4. The number of methoxy groups -OCH3 is 1. The van der Waals surface area contributed by atoms with Gasteiger partial charge in [0.25, 0.3) is 5.91 Å². The molecule has 1 amide bonds. The molecule has 4 heterocycles. The molecule has 0 N–H and O–H groups in total. The molecule has 0 unspecified atom stereocenters. The number of hydrogen-bond acceptors (Lipinski definition) is 11. The number of piperidine rings is 1. The molecule has 284 valence electrons. The Labute approximate surface area is 314 Å². The number of ether oxygens (including phenoxy) is 5. The summed E-state index contributed by atoms with van der Waals surface area (Å²) in [5, 5.41) is 0. The van der Waals surface area contributed by atoms with E-state index >= 15 is 4.39 Å². The summed E-state index contributed by atoms with van der Waals surface area (Å²) >= 11 is 1.44. The lowest BCUT2D eigenvalue weighted by Gasteiger charge is -2.36. The zero-order valence-corrected chi connectivity index (χ0v) is 31.4. The molecule has 1 aromatic carbocycles. The first-order valence-electron chi connectivity index (χ1n) is 18.4. The molecule has 1 saturated carbocycles. The summed E-state index contributed by atoms with van der Waals surface area (Å²) in [6, 6.07) is 12.4. The summed E-state index contributed by atoms with van der Waals surface area (Å²) in [5.41, 5.74) is 2.62. The van der Waals surface area contributed by atoms with Crippen molar-refractivity contribution in [1.29, 1.82) is 0 Å². The fourth-order valence-corrected chi connectivity index (χ4v) is 7.40. The topological polar surface area (TPSA) is 113 Å². The van der Waals surface area contributed by atoms with Crippen molar-refractivity contribution in [2.24, 2.45) is 5.92 Å². The van der Waals surface area contributed by atoms with Gasteiger partial charge in [0, 0.05) is 64.1 Å². The van der Waals surface area contributed by atoms with Gasteiger partial charge in [0.2, 0.25) is 0 Å². The highest BCUT2D eigenvalue weighted by Crippen LogP contribution is 2.39. The molecule has 1 aliphatic carbocycles. The number of carbonyl (C=O) groups is 2. The van der Waals surface area contributed by atoms with Gasteiger partial charge in [0.15, 0.2) is 11.6 Å². The summed E-state index contributed by atoms with van der Waals surface area (Å²) in [6.45, 7) is 6.14. The Morgan fingerprint density at radius 3 is 2.30 bits per heavy atom. The van der Waals surface area contributed by atoms with Crippen LogP contribution in [0.5, 0.6) is 11.5 Å². The molecule has 13 heteroatoms. The third-order valence-corrected chi connectivity index (χ3v) is 10.8. The molecule has 0 bridgehead atoms. The van der Waals surface area contributed by atoms with Gasteiger partial charge in [-0.3, -0.25) is 19.6 Å². The van der Waals surface area contributed by atoms with E-state index in [0.29, 0.717) is 106 Å². The number of aromatic nitrogens is 2. The lowest BCUT2D eigenvalue weighted by Crippen LogP contribution is -2.46. The lowest BCUT2D eigenvalue weighted by atomic mass is 10.0. The second kappa shape index (κ2) is 19.5. The van der Waals surface area contributed by atoms with Crippen molar-refractivity contribution in [1.82, 2.24) is 19.8 Å². The number of pyridine rings is 2. The fraction of sp³-hybridized carbons (Fsp3) is 0.500. The van der Waals surface area contributed by atoms with E-state index in [0.717, 1.165) is 41.8 Å². The second-order valence-electron chi connectivity index (χ2n) is 13.6. The first-order valence-corrected chi connectivity index (χ1v) is 19.2. The van der Waals surface area contributed by atoms with Gasteiger partial charge in [-0.1, -0.05) is 6.07 Å². The highest BCUT2D eigenvalue weighted by atomic mass is 32.1. The molecule has 11 nitrogen and oxygen atoms in total.